The summed E-state index contributed by atoms with van der Waals surface area (Å²) >= 11 is 0. The van der Waals surface area contributed by atoms with Gasteiger partial charge in [0.15, 0.2) is 13.2 Å². The van der Waals surface area contributed by atoms with Gasteiger partial charge >= 0.3 is 5.97 Å². The van der Waals surface area contributed by atoms with E-state index in [1.807, 2.05) is 0 Å². The van der Waals surface area contributed by atoms with Crippen LogP contribution in [0.15, 0.2) is 52.9 Å². The topological polar surface area (TPSA) is 161 Å². The number of carbonyl (C=O) groups is 2. The summed E-state index contributed by atoms with van der Waals surface area (Å²) in [4.78, 5) is 33.3. The molecule has 2 N–H and O–H groups in total. The highest BCUT2D eigenvalue weighted by Gasteiger charge is 2.17. The molecule has 0 aliphatic heterocycles. The van der Waals surface area contributed by atoms with Crippen molar-refractivity contribution in [1.29, 1.82) is 0 Å². The molecule has 1 amide bonds. The number of amides is 1. The van der Waals surface area contributed by atoms with E-state index in [0.717, 1.165) is 0 Å². The molecule has 0 fully saturated rings. The number of carbonyl (C=O) groups excluding carboxylic acids is 2. The molecule has 0 atom stereocenters. The maximum atomic E-state index is 12.3. The Kier molecular flexibility index (Phi) is 5.78. The normalized spacial score (nSPS) is 10.3. The Morgan fingerprint density at radius 3 is 2.52 bits per heavy atom. The fraction of sp³-hybridized carbons (Fsp3) is 0.111. The maximum absolute atomic E-state index is 12.3. The van der Waals surface area contributed by atoms with E-state index in [2.05, 4.69) is 10.2 Å². The second kappa shape index (κ2) is 8.61. The third kappa shape index (κ3) is 4.91. The average molecular weight is 398 g/mol. The van der Waals surface area contributed by atoms with Crippen LogP contribution in [0.1, 0.15) is 16.2 Å². The molecular weight excluding hydrogens is 384 g/mol. The van der Waals surface area contributed by atoms with E-state index in [1.54, 1.807) is 12.1 Å². The van der Waals surface area contributed by atoms with Crippen LogP contribution in [-0.2, 0) is 16.1 Å². The zero-order valence-electron chi connectivity index (χ0n) is 14.8. The van der Waals surface area contributed by atoms with E-state index in [0.29, 0.717) is 5.56 Å². The number of hydrogen-bond acceptors (Lipinski definition) is 9. The first-order valence-corrected chi connectivity index (χ1v) is 8.18. The number of nitrogens with zero attached hydrogens (tertiary/aromatic N) is 3. The first-order valence-electron chi connectivity index (χ1n) is 8.18. The number of hydrogen-bond donors (Lipinski definition) is 1. The standard InChI is InChI=1S/C18H14N4O7/c19-15(23)9-27-14-4-2-1-3-13(14)18(24)28-10-16-20-21-17(29-16)11-5-7-12(8-6-11)22(25)26/h1-8H,9-10H2,(H2,19,23). The first kappa shape index (κ1) is 19.5. The Hall–Kier alpha value is -4.28. The molecule has 0 bridgehead atoms. The monoisotopic (exact) mass is 398 g/mol. The molecule has 2 aromatic carbocycles. The van der Waals surface area contributed by atoms with Gasteiger partial charge in [-0.05, 0) is 24.3 Å². The van der Waals surface area contributed by atoms with Crippen molar-refractivity contribution in [2.75, 3.05) is 6.61 Å². The van der Waals surface area contributed by atoms with Gasteiger partial charge in [-0.15, -0.1) is 10.2 Å². The lowest BCUT2D eigenvalue weighted by atomic mass is 10.2. The number of nitro benzene ring substituents is 1. The van der Waals surface area contributed by atoms with Gasteiger partial charge in [0.1, 0.15) is 11.3 Å². The molecular formula is C18H14N4O7. The minimum Gasteiger partial charge on any atom is -0.483 e. The zero-order valence-corrected chi connectivity index (χ0v) is 14.8. The molecule has 0 aliphatic rings. The van der Waals surface area contributed by atoms with Gasteiger partial charge in [0, 0.05) is 17.7 Å². The van der Waals surface area contributed by atoms with E-state index in [-0.39, 0.29) is 42.0 Å². The van der Waals surface area contributed by atoms with Gasteiger partial charge in [0.05, 0.1) is 4.92 Å². The van der Waals surface area contributed by atoms with Crippen molar-refractivity contribution in [3.8, 4) is 17.2 Å². The lowest BCUT2D eigenvalue weighted by Crippen LogP contribution is -2.21. The minimum atomic E-state index is -0.722. The molecule has 0 radical (unpaired) electrons. The number of non-ortho nitro benzene ring substituents is 1. The smallest absolute Gasteiger partial charge is 0.342 e. The molecule has 0 aliphatic carbocycles. The lowest BCUT2D eigenvalue weighted by Gasteiger charge is -2.09. The fourth-order valence-electron chi connectivity index (χ4n) is 2.27. The number of rotatable bonds is 8. The second-order valence-corrected chi connectivity index (χ2v) is 5.63. The molecule has 11 nitrogen and oxygen atoms in total. The van der Waals surface area contributed by atoms with Gasteiger partial charge < -0.3 is 19.6 Å². The Bertz CT molecular complexity index is 1050. The van der Waals surface area contributed by atoms with Crippen molar-refractivity contribution >= 4 is 17.6 Å². The summed E-state index contributed by atoms with van der Waals surface area (Å²) in [5.41, 5.74) is 5.54. The summed E-state index contributed by atoms with van der Waals surface area (Å²) in [6, 6.07) is 11.7. The van der Waals surface area contributed by atoms with Crippen molar-refractivity contribution < 1.29 is 28.4 Å². The summed E-state index contributed by atoms with van der Waals surface area (Å²) in [7, 11) is 0. The van der Waals surface area contributed by atoms with Crippen molar-refractivity contribution in [1.82, 2.24) is 10.2 Å². The third-order valence-electron chi connectivity index (χ3n) is 3.60. The second-order valence-electron chi connectivity index (χ2n) is 5.63. The van der Waals surface area contributed by atoms with Crippen molar-refractivity contribution in [2.24, 2.45) is 5.73 Å². The van der Waals surface area contributed by atoms with Crippen LogP contribution < -0.4 is 10.5 Å². The highest BCUT2D eigenvalue weighted by atomic mass is 16.6. The molecule has 1 aromatic heterocycles. The molecule has 11 heteroatoms. The summed E-state index contributed by atoms with van der Waals surface area (Å²) in [5.74, 6) is -1.11. The Morgan fingerprint density at radius 2 is 1.83 bits per heavy atom. The number of esters is 1. The first-order chi connectivity index (χ1) is 13.9. The van der Waals surface area contributed by atoms with Crippen LogP contribution in [0.4, 0.5) is 5.69 Å². The van der Waals surface area contributed by atoms with Crippen molar-refractivity contribution in [3.63, 3.8) is 0 Å². The van der Waals surface area contributed by atoms with Gasteiger partial charge in [0.2, 0.25) is 5.89 Å². The number of ether oxygens (including phenoxy) is 2. The summed E-state index contributed by atoms with van der Waals surface area (Å²) in [5, 5.41) is 18.3. The lowest BCUT2D eigenvalue weighted by molar-refractivity contribution is -0.384. The maximum Gasteiger partial charge on any atom is 0.342 e. The Balaban J connectivity index is 1.64. The average Bonchev–Trinajstić information content (AvgIpc) is 3.20. The summed E-state index contributed by atoms with van der Waals surface area (Å²) in [6.45, 7) is -0.685. The van der Waals surface area contributed by atoms with E-state index in [9.17, 15) is 19.7 Å². The van der Waals surface area contributed by atoms with Crippen molar-refractivity contribution in [2.45, 2.75) is 6.61 Å². The van der Waals surface area contributed by atoms with Gasteiger partial charge in [-0.3, -0.25) is 14.9 Å². The number of nitrogens with two attached hydrogens (primary N) is 1. The van der Waals surface area contributed by atoms with E-state index >= 15 is 0 Å². The quantitative estimate of drug-likeness (QED) is 0.339. The molecule has 3 aromatic rings. The molecule has 0 saturated heterocycles. The largest absolute Gasteiger partial charge is 0.483 e. The molecule has 0 saturated carbocycles. The fourth-order valence-corrected chi connectivity index (χ4v) is 2.27. The van der Waals surface area contributed by atoms with Crippen LogP contribution >= 0.6 is 0 Å². The molecule has 0 spiro atoms. The zero-order chi connectivity index (χ0) is 20.8. The number of para-hydroxylation sites is 1. The van der Waals surface area contributed by atoms with Crippen LogP contribution in [0.5, 0.6) is 5.75 Å². The van der Waals surface area contributed by atoms with Gasteiger partial charge in [0.25, 0.3) is 17.5 Å². The van der Waals surface area contributed by atoms with E-state index in [4.69, 9.17) is 19.6 Å². The minimum absolute atomic E-state index is 0.0299. The molecule has 1 heterocycles. The van der Waals surface area contributed by atoms with Crippen LogP contribution in [0.2, 0.25) is 0 Å². The number of benzene rings is 2. The summed E-state index contributed by atoms with van der Waals surface area (Å²) < 4.78 is 15.7. The highest BCUT2D eigenvalue weighted by molar-refractivity contribution is 5.92. The number of aromatic nitrogens is 2. The third-order valence-corrected chi connectivity index (χ3v) is 3.60. The van der Waals surface area contributed by atoms with E-state index in [1.165, 1.54) is 36.4 Å². The summed E-state index contributed by atoms with van der Waals surface area (Å²) in [6.07, 6.45) is 0. The molecule has 0 unspecified atom stereocenters. The number of nitro groups is 1. The van der Waals surface area contributed by atoms with Gasteiger partial charge in [-0.1, -0.05) is 12.1 Å². The van der Waals surface area contributed by atoms with Crippen LogP contribution in [0.3, 0.4) is 0 Å². The highest BCUT2D eigenvalue weighted by Crippen LogP contribution is 2.22. The molecule has 148 valence electrons. The van der Waals surface area contributed by atoms with Gasteiger partial charge in [-0.25, -0.2) is 4.79 Å². The molecule has 29 heavy (non-hydrogen) atoms. The van der Waals surface area contributed by atoms with Crippen molar-refractivity contribution in [3.05, 3.63) is 70.1 Å². The van der Waals surface area contributed by atoms with Gasteiger partial charge in [-0.2, -0.15) is 0 Å². The number of primary amides is 1. The molecule has 3 rings (SSSR count). The van der Waals surface area contributed by atoms with E-state index < -0.39 is 16.8 Å². The van der Waals surface area contributed by atoms with Crippen LogP contribution in [0.25, 0.3) is 11.5 Å². The predicted molar refractivity (Wildman–Crippen MR) is 96.6 cm³/mol. The SMILES string of the molecule is NC(=O)COc1ccccc1C(=O)OCc1nnc(-c2ccc([N+](=O)[O-])cc2)o1. The Morgan fingerprint density at radius 1 is 1.10 bits per heavy atom. The van der Waals surface area contributed by atoms with Crippen LogP contribution in [0, 0.1) is 10.1 Å². The van der Waals surface area contributed by atoms with Crippen LogP contribution in [-0.4, -0.2) is 33.6 Å². The predicted octanol–water partition coefficient (Wildman–Crippen LogP) is 1.87. The Labute approximate surface area is 163 Å².